The monoisotopic (exact) mass is 250 g/mol. The first-order valence-electron chi connectivity index (χ1n) is 5.66. The van der Waals surface area contributed by atoms with Gasteiger partial charge in [-0.3, -0.25) is 14.5 Å². The van der Waals surface area contributed by atoms with E-state index in [1.54, 1.807) is 23.4 Å². The van der Waals surface area contributed by atoms with E-state index < -0.39 is 12.0 Å². The summed E-state index contributed by atoms with van der Waals surface area (Å²) in [5, 5.41) is 11.5. The SMILES string of the molecule is O=C(O)CC1C(=O)NCCN1Cc1ncccn1. The van der Waals surface area contributed by atoms with Gasteiger partial charge in [-0.15, -0.1) is 0 Å². The molecule has 0 aromatic carbocycles. The number of carbonyl (C=O) groups is 2. The van der Waals surface area contributed by atoms with Gasteiger partial charge in [0.2, 0.25) is 5.91 Å². The van der Waals surface area contributed by atoms with Crippen LogP contribution in [0.15, 0.2) is 18.5 Å². The molecule has 1 atom stereocenters. The molecule has 0 aliphatic carbocycles. The topological polar surface area (TPSA) is 95.4 Å². The van der Waals surface area contributed by atoms with E-state index in [9.17, 15) is 9.59 Å². The molecule has 1 saturated heterocycles. The van der Waals surface area contributed by atoms with Crippen molar-refractivity contribution < 1.29 is 14.7 Å². The quantitative estimate of drug-likeness (QED) is 0.730. The van der Waals surface area contributed by atoms with Crippen LogP contribution < -0.4 is 5.32 Å². The summed E-state index contributed by atoms with van der Waals surface area (Å²) < 4.78 is 0. The van der Waals surface area contributed by atoms with Crippen LogP contribution in [0.4, 0.5) is 0 Å². The third kappa shape index (κ3) is 3.01. The van der Waals surface area contributed by atoms with E-state index in [4.69, 9.17) is 5.11 Å². The first-order chi connectivity index (χ1) is 8.66. The Hall–Kier alpha value is -2.02. The van der Waals surface area contributed by atoms with Gasteiger partial charge >= 0.3 is 5.97 Å². The number of nitrogens with one attached hydrogen (secondary N) is 1. The Morgan fingerprint density at radius 2 is 2.22 bits per heavy atom. The van der Waals surface area contributed by atoms with Gasteiger partial charge in [0.25, 0.3) is 0 Å². The highest BCUT2D eigenvalue weighted by molar-refractivity contribution is 5.86. The van der Waals surface area contributed by atoms with Crippen LogP contribution in [-0.2, 0) is 16.1 Å². The summed E-state index contributed by atoms with van der Waals surface area (Å²) in [6, 6.07) is 1.06. The summed E-state index contributed by atoms with van der Waals surface area (Å²) in [6.07, 6.45) is 3.04. The highest BCUT2D eigenvalue weighted by Gasteiger charge is 2.31. The molecular formula is C11H14N4O3. The molecule has 1 amide bonds. The third-order valence-electron chi connectivity index (χ3n) is 2.77. The summed E-state index contributed by atoms with van der Waals surface area (Å²) >= 11 is 0. The number of piperazine rings is 1. The van der Waals surface area contributed by atoms with Crippen molar-refractivity contribution in [1.29, 1.82) is 0 Å². The molecule has 0 saturated carbocycles. The van der Waals surface area contributed by atoms with Gasteiger partial charge in [-0.05, 0) is 6.07 Å². The number of aliphatic carboxylic acids is 1. The van der Waals surface area contributed by atoms with E-state index in [-0.39, 0.29) is 12.3 Å². The molecule has 2 heterocycles. The molecule has 0 spiro atoms. The van der Waals surface area contributed by atoms with Crippen molar-refractivity contribution in [1.82, 2.24) is 20.2 Å². The standard InChI is InChI=1S/C11H14N4O3/c16-10(17)6-8-11(18)14-4-5-15(8)7-9-12-2-1-3-13-9/h1-3,8H,4-7H2,(H,14,18)(H,16,17). The number of rotatable bonds is 4. The molecule has 1 aliphatic heterocycles. The van der Waals surface area contributed by atoms with Crippen molar-refractivity contribution in [2.45, 2.75) is 19.0 Å². The first kappa shape index (κ1) is 12.4. The summed E-state index contributed by atoms with van der Waals surface area (Å²) in [7, 11) is 0. The van der Waals surface area contributed by atoms with Crippen molar-refractivity contribution >= 4 is 11.9 Å². The molecule has 1 unspecified atom stereocenters. The zero-order valence-electron chi connectivity index (χ0n) is 9.74. The fourth-order valence-electron chi connectivity index (χ4n) is 1.93. The number of nitrogens with zero attached hydrogens (tertiary/aromatic N) is 3. The van der Waals surface area contributed by atoms with Crippen LogP contribution in [0.5, 0.6) is 0 Å². The fraction of sp³-hybridized carbons (Fsp3) is 0.455. The van der Waals surface area contributed by atoms with E-state index in [1.165, 1.54) is 0 Å². The Morgan fingerprint density at radius 3 is 2.89 bits per heavy atom. The van der Waals surface area contributed by atoms with Crippen LogP contribution in [0.1, 0.15) is 12.2 Å². The van der Waals surface area contributed by atoms with Gasteiger partial charge in [0.1, 0.15) is 11.9 Å². The largest absolute Gasteiger partial charge is 0.481 e. The third-order valence-corrected chi connectivity index (χ3v) is 2.77. The van der Waals surface area contributed by atoms with E-state index >= 15 is 0 Å². The minimum atomic E-state index is -0.990. The average Bonchev–Trinajstić information content (AvgIpc) is 2.34. The molecule has 96 valence electrons. The average molecular weight is 250 g/mol. The molecule has 7 nitrogen and oxygen atoms in total. The van der Waals surface area contributed by atoms with Crippen LogP contribution in [0.3, 0.4) is 0 Å². The van der Waals surface area contributed by atoms with Gasteiger partial charge in [0.15, 0.2) is 0 Å². The lowest BCUT2D eigenvalue weighted by atomic mass is 10.1. The van der Waals surface area contributed by atoms with Crippen LogP contribution in [0.2, 0.25) is 0 Å². The number of hydrogen-bond acceptors (Lipinski definition) is 5. The Morgan fingerprint density at radius 1 is 1.50 bits per heavy atom. The molecule has 7 heteroatoms. The van der Waals surface area contributed by atoms with Crippen molar-refractivity contribution in [2.75, 3.05) is 13.1 Å². The summed E-state index contributed by atoms with van der Waals surface area (Å²) in [6.45, 7) is 1.50. The second-order valence-electron chi connectivity index (χ2n) is 4.04. The predicted molar refractivity (Wildman–Crippen MR) is 61.5 cm³/mol. The molecular weight excluding hydrogens is 236 g/mol. The molecule has 1 fully saturated rings. The molecule has 18 heavy (non-hydrogen) atoms. The van der Waals surface area contributed by atoms with Crippen LogP contribution >= 0.6 is 0 Å². The van der Waals surface area contributed by atoms with Crippen molar-refractivity contribution in [2.24, 2.45) is 0 Å². The molecule has 0 bridgehead atoms. The minimum absolute atomic E-state index is 0.210. The summed E-state index contributed by atoms with van der Waals surface area (Å²) in [4.78, 5) is 32.4. The van der Waals surface area contributed by atoms with Crippen molar-refractivity contribution in [3.63, 3.8) is 0 Å². The summed E-state index contributed by atoms with van der Waals surface area (Å²) in [5.74, 6) is -0.654. The number of carboxylic acid groups (broad SMARTS) is 1. The van der Waals surface area contributed by atoms with Gasteiger partial charge in [-0.2, -0.15) is 0 Å². The highest BCUT2D eigenvalue weighted by Crippen LogP contribution is 2.11. The zero-order valence-corrected chi connectivity index (χ0v) is 9.74. The van der Waals surface area contributed by atoms with Gasteiger partial charge in [-0.1, -0.05) is 0 Å². The zero-order chi connectivity index (χ0) is 13.0. The minimum Gasteiger partial charge on any atom is -0.481 e. The lowest BCUT2D eigenvalue weighted by Crippen LogP contribution is -2.55. The van der Waals surface area contributed by atoms with Gasteiger partial charge in [0.05, 0.1) is 13.0 Å². The maximum absolute atomic E-state index is 11.7. The van der Waals surface area contributed by atoms with Crippen LogP contribution in [0, 0.1) is 0 Å². The maximum atomic E-state index is 11.7. The molecule has 1 aromatic heterocycles. The van der Waals surface area contributed by atoms with Gasteiger partial charge < -0.3 is 10.4 Å². The molecule has 2 rings (SSSR count). The smallest absolute Gasteiger partial charge is 0.305 e. The molecule has 1 aliphatic rings. The maximum Gasteiger partial charge on any atom is 0.305 e. The molecule has 2 N–H and O–H groups in total. The molecule has 1 aromatic rings. The predicted octanol–water partition coefficient (Wildman–Crippen LogP) is -0.748. The lowest BCUT2D eigenvalue weighted by molar-refractivity contribution is -0.143. The Bertz CT molecular complexity index is 437. The number of carbonyl (C=O) groups excluding carboxylic acids is 1. The van der Waals surface area contributed by atoms with Crippen LogP contribution in [-0.4, -0.2) is 51.0 Å². The van der Waals surface area contributed by atoms with E-state index in [1.807, 2.05) is 0 Å². The Balaban J connectivity index is 2.08. The van der Waals surface area contributed by atoms with Gasteiger partial charge in [0, 0.05) is 25.5 Å². The van der Waals surface area contributed by atoms with E-state index in [0.717, 1.165) is 0 Å². The number of hydrogen-bond donors (Lipinski definition) is 2. The van der Waals surface area contributed by atoms with E-state index in [0.29, 0.717) is 25.5 Å². The van der Waals surface area contributed by atoms with Gasteiger partial charge in [-0.25, -0.2) is 9.97 Å². The highest BCUT2D eigenvalue weighted by atomic mass is 16.4. The number of amides is 1. The fourth-order valence-corrected chi connectivity index (χ4v) is 1.93. The Kier molecular flexibility index (Phi) is 3.83. The number of aromatic nitrogens is 2. The summed E-state index contributed by atoms with van der Waals surface area (Å²) in [5.41, 5.74) is 0. The van der Waals surface area contributed by atoms with E-state index in [2.05, 4.69) is 15.3 Å². The normalized spacial score (nSPS) is 20.4. The van der Waals surface area contributed by atoms with Crippen molar-refractivity contribution in [3.05, 3.63) is 24.3 Å². The molecule has 0 radical (unpaired) electrons. The van der Waals surface area contributed by atoms with Crippen LogP contribution in [0.25, 0.3) is 0 Å². The second-order valence-corrected chi connectivity index (χ2v) is 4.04. The number of carboxylic acids is 1. The Labute approximate surface area is 104 Å². The second kappa shape index (κ2) is 5.54. The van der Waals surface area contributed by atoms with Crippen molar-refractivity contribution in [3.8, 4) is 0 Å². The first-order valence-corrected chi connectivity index (χ1v) is 5.66. The lowest BCUT2D eigenvalue weighted by Gasteiger charge is -2.33.